The van der Waals surface area contributed by atoms with E-state index in [9.17, 15) is 4.79 Å². The van der Waals surface area contributed by atoms with E-state index in [-0.39, 0.29) is 11.9 Å². The number of carbonyl (C=O) groups is 1. The molecule has 1 heterocycles. The van der Waals surface area contributed by atoms with E-state index in [4.69, 9.17) is 10.5 Å². The molecule has 0 spiro atoms. The minimum Gasteiger partial charge on any atom is -0.481 e. The highest BCUT2D eigenvalue weighted by Crippen LogP contribution is 2.24. The van der Waals surface area contributed by atoms with E-state index in [2.05, 4.69) is 6.92 Å². The Kier molecular flexibility index (Phi) is 4.65. The van der Waals surface area contributed by atoms with Crippen LogP contribution in [0.25, 0.3) is 0 Å². The van der Waals surface area contributed by atoms with Crippen molar-refractivity contribution in [2.24, 2.45) is 11.7 Å². The second kappa shape index (κ2) is 6.27. The lowest BCUT2D eigenvalue weighted by atomic mass is 10.1. The topological polar surface area (TPSA) is 55.6 Å². The lowest BCUT2D eigenvalue weighted by molar-refractivity contribution is -0.138. The van der Waals surface area contributed by atoms with E-state index in [0.717, 1.165) is 24.3 Å². The van der Waals surface area contributed by atoms with Crippen LogP contribution in [-0.2, 0) is 4.79 Å². The lowest BCUT2D eigenvalue weighted by Gasteiger charge is -2.25. The number of nitrogens with two attached hydrogens (primary N) is 1. The van der Waals surface area contributed by atoms with Crippen LogP contribution in [0.3, 0.4) is 0 Å². The molecule has 1 aliphatic rings. The number of rotatable bonds is 4. The van der Waals surface area contributed by atoms with Crippen molar-refractivity contribution in [3.8, 4) is 5.75 Å². The second-order valence-corrected chi connectivity index (χ2v) is 5.75. The highest BCUT2D eigenvalue weighted by Gasteiger charge is 2.34. The predicted octanol–water partition coefficient (Wildman–Crippen LogP) is 1.96. The molecule has 0 bridgehead atoms. The van der Waals surface area contributed by atoms with Gasteiger partial charge >= 0.3 is 0 Å². The van der Waals surface area contributed by atoms with Crippen molar-refractivity contribution in [1.82, 2.24) is 4.90 Å². The third-order valence-electron chi connectivity index (χ3n) is 3.93. The van der Waals surface area contributed by atoms with Crippen LogP contribution in [0.2, 0.25) is 0 Å². The SMILES string of the molecule is Cc1cccc(OC(C)C(=O)N2CC(CN)CC2C)c1. The number of carbonyl (C=O) groups excluding carboxylic acids is 1. The molecule has 1 aromatic rings. The van der Waals surface area contributed by atoms with Crippen LogP contribution < -0.4 is 10.5 Å². The van der Waals surface area contributed by atoms with Crippen molar-refractivity contribution >= 4 is 5.91 Å². The summed E-state index contributed by atoms with van der Waals surface area (Å²) in [7, 11) is 0. The Morgan fingerprint density at radius 1 is 1.55 bits per heavy atom. The van der Waals surface area contributed by atoms with Crippen LogP contribution in [-0.4, -0.2) is 36.0 Å². The number of likely N-dealkylation sites (tertiary alicyclic amines) is 1. The Balaban J connectivity index is 1.98. The number of aryl methyl sites for hydroxylation is 1. The monoisotopic (exact) mass is 276 g/mol. The van der Waals surface area contributed by atoms with Gasteiger partial charge in [0.05, 0.1) is 0 Å². The smallest absolute Gasteiger partial charge is 0.263 e. The first-order valence-corrected chi connectivity index (χ1v) is 7.25. The van der Waals surface area contributed by atoms with Gasteiger partial charge in [-0.2, -0.15) is 0 Å². The zero-order chi connectivity index (χ0) is 14.7. The minimum atomic E-state index is -0.462. The van der Waals surface area contributed by atoms with Crippen LogP contribution in [0.4, 0.5) is 0 Å². The fourth-order valence-corrected chi connectivity index (χ4v) is 2.80. The summed E-state index contributed by atoms with van der Waals surface area (Å²) < 4.78 is 5.76. The molecule has 1 aliphatic heterocycles. The van der Waals surface area contributed by atoms with Crippen molar-refractivity contribution < 1.29 is 9.53 Å². The summed E-state index contributed by atoms with van der Waals surface area (Å²) >= 11 is 0. The van der Waals surface area contributed by atoms with E-state index in [1.54, 1.807) is 0 Å². The average molecular weight is 276 g/mol. The van der Waals surface area contributed by atoms with Crippen molar-refractivity contribution in [3.63, 3.8) is 0 Å². The number of hydrogen-bond donors (Lipinski definition) is 1. The molecule has 3 atom stereocenters. The molecule has 4 nitrogen and oxygen atoms in total. The van der Waals surface area contributed by atoms with Gasteiger partial charge in [0.25, 0.3) is 5.91 Å². The van der Waals surface area contributed by atoms with Gasteiger partial charge in [-0.25, -0.2) is 0 Å². The highest BCUT2D eigenvalue weighted by atomic mass is 16.5. The summed E-state index contributed by atoms with van der Waals surface area (Å²) in [5, 5.41) is 0. The number of ether oxygens (including phenoxy) is 1. The Morgan fingerprint density at radius 3 is 2.90 bits per heavy atom. The molecule has 3 unspecified atom stereocenters. The van der Waals surface area contributed by atoms with Gasteiger partial charge in [-0.15, -0.1) is 0 Å². The molecule has 0 aromatic heterocycles. The van der Waals surface area contributed by atoms with Gasteiger partial charge in [-0.3, -0.25) is 4.79 Å². The van der Waals surface area contributed by atoms with E-state index >= 15 is 0 Å². The largest absolute Gasteiger partial charge is 0.481 e. The van der Waals surface area contributed by atoms with Crippen LogP contribution in [0, 0.1) is 12.8 Å². The minimum absolute atomic E-state index is 0.0509. The van der Waals surface area contributed by atoms with Gasteiger partial charge in [0, 0.05) is 12.6 Å². The summed E-state index contributed by atoms with van der Waals surface area (Å²) in [4.78, 5) is 14.4. The zero-order valence-corrected chi connectivity index (χ0v) is 12.5. The molecule has 1 aromatic carbocycles. The van der Waals surface area contributed by atoms with Gasteiger partial charge in [0.2, 0.25) is 0 Å². The van der Waals surface area contributed by atoms with E-state index < -0.39 is 6.10 Å². The van der Waals surface area contributed by atoms with Crippen molar-refractivity contribution in [2.45, 2.75) is 39.3 Å². The fraction of sp³-hybridized carbons (Fsp3) is 0.562. The predicted molar refractivity (Wildman–Crippen MR) is 79.6 cm³/mol. The summed E-state index contributed by atoms with van der Waals surface area (Å²) in [5.41, 5.74) is 6.83. The van der Waals surface area contributed by atoms with E-state index in [1.807, 2.05) is 43.0 Å². The molecule has 20 heavy (non-hydrogen) atoms. The Bertz CT molecular complexity index is 475. The third kappa shape index (κ3) is 3.31. The molecule has 0 radical (unpaired) electrons. The van der Waals surface area contributed by atoms with E-state index in [1.165, 1.54) is 0 Å². The maximum absolute atomic E-state index is 12.5. The Labute approximate surface area is 120 Å². The molecule has 0 saturated carbocycles. The van der Waals surface area contributed by atoms with Crippen molar-refractivity contribution in [3.05, 3.63) is 29.8 Å². The summed E-state index contributed by atoms with van der Waals surface area (Å²) in [6.45, 7) is 7.28. The molecule has 0 aliphatic carbocycles. The first kappa shape index (κ1) is 14.9. The lowest BCUT2D eigenvalue weighted by Crippen LogP contribution is -2.42. The van der Waals surface area contributed by atoms with Crippen LogP contribution in [0.5, 0.6) is 5.75 Å². The quantitative estimate of drug-likeness (QED) is 0.914. The maximum atomic E-state index is 12.5. The molecule has 4 heteroatoms. The summed E-state index contributed by atoms with van der Waals surface area (Å²) in [6, 6.07) is 8.02. The first-order valence-electron chi connectivity index (χ1n) is 7.25. The summed E-state index contributed by atoms with van der Waals surface area (Å²) in [5.74, 6) is 1.21. The molecule has 1 fully saturated rings. The molecule has 1 saturated heterocycles. The molecule has 110 valence electrons. The van der Waals surface area contributed by atoms with Crippen LogP contribution >= 0.6 is 0 Å². The first-order chi connectivity index (χ1) is 9.51. The molecule has 1 amide bonds. The van der Waals surface area contributed by atoms with Crippen molar-refractivity contribution in [1.29, 1.82) is 0 Å². The van der Waals surface area contributed by atoms with E-state index in [0.29, 0.717) is 12.5 Å². The number of nitrogens with zero attached hydrogens (tertiary/aromatic N) is 1. The van der Waals surface area contributed by atoms with Gasteiger partial charge in [0.1, 0.15) is 5.75 Å². The third-order valence-corrected chi connectivity index (χ3v) is 3.93. The summed E-state index contributed by atoms with van der Waals surface area (Å²) in [6.07, 6.45) is 0.523. The standard InChI is InChI=1S/C16H24N2O2/c1-11-5-4-6-15(7-11)20-13(3)16(19)18-10-14(9-17)8-12(18)2/h4-7,12-14H,8-10,17H2,1-3H3. The van der Waals surface area contributed by atoms with Gasteiger partial charge in [-0.05, 0) is 57.4 Å². The highest BCUT2D eigenvalue weighted by molar-refractivity contribution is 5.81. The van der Waals surface area contributed by atoms with Crippen LogP contribution in [0.1, 0.15) is 25.8 Å². The van der Waals surface area contributed by atoms with Gasteiger partial charge in [-0.1, -0.05) is 12.1 Å². The fourth-order valence-electron chi connectivity index (χ4n) is 2.80. The number of benzene rings is 1. The average Bonchev–Trinajstić information content (AvgIpc) is 2.79. The Morgan fingerprint density at radius 2 is 2.30 bits per heavy atom. The van der Waals surface area contributed by atoms with Gasteiger partial charge in [0.15, 0.2) is 6.10 Å². The molecule has 2 rings (SSSR count). The number of hydrogen-bond acceptors (Lipinski definition) is 3. The number of amides is 1. The molecular weight excluding hydrogens is 252 g/mol. The van der Waals surface area contributed by atoms with Crippen LogP contribution in [0.15, 0.2) is 24.3 Å². The molecule has 2 N–H and O–H groups in total. The Hall–Kier alpha value is -1.55. The maximum Gasteiger partial charge on any atom is 0.263 e. The second-order valence-electron chi connectivity index (χ2n) is 5.75. The van der Waals surface area contributed by atoms with Gasteiger partial charge < -0.3 is 15.4 Å². The molecular formula is C16H24N2O2. The zero-order valence-electron chi connectivity index (χ0n) is 12.5. The normalized spacial score (nSPS) is 23.7. The van der Waals surface area contributed by atoms with Crippen molar-refractivity contribution in [2.75, 3.05) is 13.1 Å².